The van der Waals surface area contributed by atoms with Gasteiger partial charge in [0, 0.05) is 19.3 Å². The summed E-state index contributed by atoms with van der Waals surface area (Å²) >= 11 is 0. The molecule has 4 heteroatoms. The fourth-order valence-electron chi connectivity index (χ4n) is 1.58. The van der Waals surface area contributed by atoms with Gasteiger partial charge in [0.1, 0.15) is 0 Å². The Morgan fingerprint density at radius 1 is 1.69 bits per heavy atom. The molecule has 1 aliphatic rings. The Bertz CT molecular complexity index is 280. The van der Waals surface area contributed by atoms with Crippen LogP contribution in [0.25, 0.3) is 0 Å². The van der Waals surface area contributed by atoms with Gasteiger partial charge in [0.05, 0.1) is 24.9 Å². The van der Waals surface area contributed by atoms with Crippen LogP contribution in [0.5, 0.6) is 0 Å². The molecular formula is C9H15N3O. The molecule has 2 heterocycles. The number of aromatic nitrogens is 2. The third-order valence-electron chi connectivity index (χ3n) is 2.43. The second-order valence-electron chi connectivity index (χ2n) is 3.50. The van der Waals surface area contributed by atoms with Gasteiger partial charge in [0.15, 0.2) is 0 Å². The van der Waals surface area contributed by atoms with Crippen LogP contribution in [0.2, 0.25) is 0 Å². The maximum Gasteiger partial charge on any atom is 0.0643 e. The molecule has 1 aromatic heterocycles. The minimum atomic E-state index is 0.349. The molecule has 1 atom stereocenters. The number of nitrogens with one attached hydrogen (secondary N) is 1. The lowest BCUT2D eigenvalue weighted by molar-refractivity contribution is -0.00959. The Morgan fingerprint density at radius 3 is 2.92 bits per heavy atom. The zero-order chi connectivity index (χ0) is 9.26. The van der Waals surface area contributed by atoms with E-state index in [2.05, 4.69) is 17.3 Å². The first-order valence-corrected chi connectivity index (χ1v) is 4.59. The van der Waals surface area contributed by atoms with Crippen molar-refractivity contribution in [3.8, 4) is 0 Å². The number of aryl methyl sites for hydroxylation is 1. The van der Waals surface area contributed by atoms with Crippen molar-refractivity contribution in [2.45, 2.75) is 19.0 Å². The predicted molar refractivity (Wildman–Crippen MR) is 49.4 cm³/mol. The first kappa shape index (κ1) is 8.72. The van der Waals surface area contributed by atoms with Crippen LogP contribution in [0.1, 0.15) is 18.7 Å². The third kappa shape index (κ3) is 1.73. The van der Waals surface area contributed by atoms with Crippen molar-refractivity contribution in [3.63, 3.8) is 0 Å². The number of hydrogen-bond acceptors (Lipinski definition) is 3. The number of hydrogen-bond donors (Lipinski definition) is 1. The lowest BCUT2D eigenvalue weighted by atomic mass is 10.2. The molecule has 1 aromatic rings. The molecule has 0 bridgehead atoms. The van der Waals surface area contributed by atoms with Crippen molar-refractivity contribution in [1.82, 2.24) is 15.1 Å². The standard InChI is InChI=1S/C9H15N3O/c1-7(11-8-5-13-6-8)9-3-4-10-12(9)2/h3-4,7-8,11H,5-6H2,1-2H3. The molecule has 1 N–H and O–H groups in total. The summed E-state index contributed by atoms with van der Waals surface area (Å²) in [6.45, 7) is 3.82. The van der Waals surface area contributed by atoms with Crippen LogP contribution < -0.4 is 5.32 Å². The molecule has 2 rings (SSSR count). The molecule has 0 amide bonds. The molecule has 0 aromatic carbocycles. The first-order valence-electron chi connectivity index (χ1n) is 4.59. The maximum absolute atomic E-state index is 5.10. The Kier molecular flexibility index (Phi) is 2.33. The summed E-state index contributed by atoms with van der Waals surface area (Å²) in [7, 11) is 1.96. The molecule has 0 aliphatic carbocycles. The highest BCUT2D eigenvalue weighted by molar-refractivity contribution is 5.05. The second kappa shape index (κ2) is 3.47. The fraction of sp³-hybridized carbons (Fsp3) is 0.667. The van der Waals surface area contributed by atoms with Crippen molar-refractivity contribution in [1.29, 1.82) is 0 Å². The highest BCUT2D eigenvalue weighted by atomic mass is 16.5. The van der Waals surface area contributed by atoms with E-state index in [0.29, 0.717) is 12.1 Å². The predicted octanol–water partition coefficient (Wildman–Crippen LogP) is 0.469. The van der Waals surface area contributed by atoms with Crippen LogP contribution >= 0.6 is 0 Å². The monoisotopic (exact) mass is 181 g/mol. The Balaban J connectivity index is 1.96. The van der Waals surface area contributed by atoms with Gasteiger partial charge in [-0.3, -0.25) is 4.68 Å². The smallest absolute Gasteiger partial charge is 0.0643 e. The molecule has 13 heavy (non-hydrogen) atoms. The van der Waals surface area contributed by atoms with Crippen LogP contribution in [-0.4, -0.2) is 29.0 Å². The summed E-state index contributed by atoms with van der Waals surface area (Å²) < 4.78 is 7.00. The summed E-state index contributed by atoms with van der Waals surface area (Å²) in [6, 6.07) is 2.91. The Labute approximate surface area is 77.9 Å². The van der Waals surface area contributed by atoms with Gasteiger partial charge in [0.25, 0.3) is 0 Å². The van der Waals surface area contributed by atoms with E-state index in [0.717, 1.165) is 13.2 Å². The van der Waals surface area contributed by atoms with Crippen LogP contribution in [0.15, 0.2) is 12.3 Å². The second-order valence-corrected chi connectivity index (χ2v) is 3.50. The lowest BCUT2D eigenvalue weighted by Crippen LogP contribution is -2.47. The van der Waals surface area contributed by atoms with E-state index >= 15 is 0 Å². The molecule has 1 fully saturated rings. The van der Waals surface area contributed by atoms with Gasteiger partial charge in [-0.05, 0) is 13.0 Å². The van der Waals surface area contributed by atoms with Gasteiger partial charge in [-0.15, -0.1) is 0 Å². The van der Waals surface area contributed by atoms with E-state index in [1.54, 1.807) is 0 Å². The fourth-order valence-corrected chi connectivity index (χ4v) is 1.58. The van der Waals surface area contributed by atoms with E-state index < -0.39 is 0 Å². The van der Waals surface area contributed by atoms with Crippen molar-refractivity contribution < 1.29 is 4.74 Å². The van der Waals surface area contributed by atoms with Gasteiger partial charge >= 0.3 is 0 Å². The molecule has 0 spiro atoms. The van der Waals surface area contributed by atoms with Crippen LogP contribution in [-0.2, 0) is 11.8 Å². The van der Waals surface area contributed by atoms with E-state index in [-0.39, 0.29) is 0 Å². The highest BCUT2D eigenvalue weighted by Crippen LogP contribution is 2.13. The third-order valence-corrected chi connectivity index (χ3v) is 2.43. The average Bonchev–Trinajstić information content (AvgIpc) is 2.43. The van der Waals surface area contributed by atoms with Gasteiger partial charge in [-0.2, -0.15) is 5.10 Å². The zero-order valence-corrected chi connectivity index (χ0v) is 8.03. The maximum atomic E-state index is 5.10. The summed E-state index contributed by atoms with van der Waals surface area (Å²) in [5, 5.41) is 7.61. The molecule has 0 radical (unpaired) electrons. The van der Waals surface area contributed by atoms with Crippen molar-refractivity contribution in [3.05, 3.63) is 18.0 Å². The van der Waals surface area contributed by atoms with E-state index in [4.69, 9.17) is 4.74 Å². The normalized spacial score (nSPS) is 19.8. The SMILES string of the molecule is CC(NC1COC1)c1ccnn1C. The van der Waals surface area contributed by atoms with E-state index in [1.165, 1.54) is 5.69 Å². The molecule has 1 aliphatic heterocycles. The first-order chi connectivity index (χ1) is 6.27. The largest absolute Gasteiger partial charge is 0.378 e. The van der Waals surface area contributed by atoms with E-state index in [1.807, 2.05) is 24.0 Å². The topological polar surface area (TPSA) is 39.1 Å². The molecule has 72 valence electrons. The quantitative estimate of drug-likeness (QED) is 0.736. The number of rotatable bonds is 3. The minimum absolute atomic E-state index is 0.349. The molecule has 0 saturated carbocycles. The van der Waals surface area contributed by atoms with Gasteiger partial charge in [-0.25, -0.2) is 0 Å². The van der Waals surface area contributed by atoms with Crippen molar-refractivity contribution in [2.24, 2.45) is 7.05 Å². The summed E-state index contributed by atoms with van der Waals surface area (Å²) in [4.78, 5) is 0. The summed E-state index contributed by atoms with van der Waals surface area (Å²) in [5.74, 6) is 0. The Hall–Kier alpha value is -0.870. The van der Waals surface area contributed by atoms with Gasteiger partial charge in [0.2, 0.25) is 0 Å². The van der Waals surface area contributed by atoms with Gasteiger partial charge in [-0.1, -0.05) is 0 Å². The average molecular weight is 181 g/mol. The number of nitrogens with zero attached hydrogens (tertiary/aromatic N) is 2. The lowest BCUT2D eigenvalue weighted by Gasteiger charge is -2.30. The van der Waals surface area contributed by atoms with Crippen LogP contribution in [0.4, 0.5) is 0 Å². The Morgan fingerprint density at radius 2 is 2.46 bits per heavy atom. The molecule has 4 nitrogen and oxygen atoms in total. The molecule has 1 saturated heterocycles. The minimum Gasteiger partial charge on any atom is -0.378 e. The van der Waals surface area contributed by atoms with Crippen LogP contribution in [0.3, 0.4) is 0 Å². The summed E-state index contributed by atoms with van der Waals surface area (Å²) in [5.41, 5.74) is 1.21. The summed E-state index contributed by atoms with van der Waals surface area (Å²) in [6.07, 6.45) is 1.82. The van der Waals surface area contributed by atoms with Gasteiger partial charge < -0.3 is 10.1 Å². The molecule has 1 unspecified atom stereocenters. The van der Waals surface area contributed by atoms with Crippen molar-refractivity contribution >= 4 is 0 Å². The van der Waals surface area contributed by atoms with Crippen LogP contribution in [0, 0.1) is 0 Å². The van der Waals surface area contributed by atoms with E-state index in [9.17, 15) is 0 Å². The highest BCUT2D eigenvalue weighted by Gasteiger charge is 2.21. The number of ether oxygens (including phenoxy) is 1. The van der Waals surface area contributed by atoms with Crippen molar-refractivity contribution in [2.75, 3.05) is 13.2 Å². The molecular weight excluding hydrogens is 166 g/mol. The zero-order valence-electron chi connectivity index (χ0n) is 8.03.